The highest BCUT2D eigenvalue weighted by molar-refractivity contribution is 7.80. The summed E-state index contributed by atoms with van der Waals surface area (Å²) in [6.45, 7) is 2.29. The molecule has 0 bridgehead atoms. The molecule has 5 heteroatoms. The van der Waals surface area contributed by atoms with Crippen LogP contribution in [0.4, 0.5) is 0 Å². The molecule has 0 radical (unpaired) electrons. The smallest absolute Gasteiger partial charge is 0.251 e. The molecule has 0 aromatic rings. The van der Waals surface area contributed by atoms with Crippen LogP contribution in [-0.2, 0) is 9.53 Å². The molecule has 1 rings (SSSR count). The fourth-order valence-corrected chi connectivity index (χ4v) is 1.74. The van der Waals surface area contributed by atoms with Gasteiger partial charge in [0.25, 0.3) is 5.91 Å². The predicted octanol–water partition coefficient (Wildman–Crippen LogP) is 0.298. The van der Waals surface area contributed by atoms with E-state index in [-0.39, 0.29) is 18.1 Å². The summed E-state index contributed by atoms with van der Waals surface area (Å²) in [6, 6.07) is 0. The van der Waals surface area contributed by atoms with Crippen LogP contribution < -0.4 is 5.73 Å². The molecule has 0 aliphatic carbocycles. The number of carbonyl (C=O) groups is 1. The lowest BCUT2D eigenvalue weighted by atomic mass is 10.2. The fourth-order valence-electron chi connectivity index (χ4n) is 1.54. The third kappa shape index (κ3) is 2.92. The van der Waals surface area contributed by atoms with E-state index in [1.54, 1.807) is 7.05 Å². The van der Waals surface area contributed by atoms with Crippen LogP contribution in [0.5, 0.6) is 0 Å². The molecule has 80 valence electrons. The predicted molar refractivity (Wildman–Crippen MR) is 58.0 cm³/mol. The molecule has 1 aliphatic rings. The van der Waals surface area contributed by atoms with Gasteiger partial charge in [-0.05, 0) is 19.8 Å². The highest BCUT2D eigenvalue weighted by atomic mass is 32.1. The van der Waals surface area contributed by atoms with Gasteiger partial charge in [-0.2, -0.15) is 0 Å². The van der Waals surface area contributed by atoms with Crippen molar-refractivity contribution in [1.29, 1.82) is 0 Å². The average molecular weight is 216 g/mol. The summed E-state index contributed by atoms with van der Waals surface area (Å²) >= 11 is 4.73. The van der Waals surface area contributed by atoms with Crippen molar-refractivity contribution >= 4 is 23.1 Å². The lowest BCUT2D eigenvalue weighted by Crippen LogP contribution is -2.40. The number of carbonyl (C=O) groups excluding carboxylic acids is 1. The van der Waals surface area contributed by atoms with Crippen LogP contribution in [0.15, 0.2) is 0 Å². The molecule has 0 aromatic heterocycles. The maximum Gasteiger partial charge on any atom is 0.251 e. The van der Waals surface area contributed by atoms with E-state index < -0.39 is 0 Å². The number of nitrogens with zero attached hydrogens (tertiary/aromatic N) is 1. The number of hydrogen-bond donors (Lipinski definition) is 1. The van der Waals surface area contributed by atoms with E-state index in [0.29, 0.717) is 11.5 Å². The van der Waals surface area contributed by atoms with Crippen LogP contribution in [0.25, 0.3) is 0 Å². The summed E-state index contributed by atoms with van der Waals surface area (Å²) in [4.78, 5) is 13.6. The second-order valence-electron chi connectivity index (χ2n) is 3.67. The Labute approximate surface area is 89.4 Å². The van der Waals surface area contributed by atoms with Crippen molar-refractivity contribution in [2.24, 2.45) is 5.73 Å². The van der Waals surface area contributed by atoms with Crippen molar-refractivity contribution in [2.45, 2.75) is 32.0 Å². The molecule has 1 amide bonds. The van der Waals surface area contributed by atoms with Crippen LogP contribution in [0.1, 0.15) is 19.8 Å². The van der Waals surface area contributed by atoms with Crippen molar-refractivity contribution in [3.05, 3.63) is 0 Å². The molecule has 2 unspecified atom stereocenters. The number of rotatable bonds is 3. The Kier molecular flexibility index (Phi) is 3.83. The Balaban J connectivity index is 2.44. The summed E-state index contributed by atoms with van der Waals surface area (Å²) < 4.78 is 5.45. The normalized spacial score (nSPS) is 26.1. The van der Waals surface area contributed by atoms with Gasteiger partial charge in [-0.3, -0.25) is 4.79 Å². The van der Waals surface area contributed by atoms with Crippen LogP contribution >= 0.6 is 12.2 Å². The van der Waals surface area contributed by atoms with Gasteiger partial charge >= 0.3 is 0 Å². The first-order valence-electron chi connectivity index (χ1n) is 4.69. The van der Waals surface area contributed by atoms with Gasteiger partial charge < -0.3 is 15.4 Å². The lowest BCUT2D eigenvalue weighted by molar-refractivity contribution is -0.140. The van der Waals surface area contributed by atoms with Crippen molar-refractivity contribution in [2.75, 3.05) is 13.6 Å². The van der Waals surface area contributed by atoms with E-state index in [1.165, 1.54) is 4.90 Å². The Morgan fingerprint density at radius 3 is 2.71 bits per heavy atom. The van der Waals surface area contributed by atoms with Gasteiger partial charge in [-0.25, -0.2) is 0 Å². The van der Waals surface area contributed by atoms with Crippen LogP contribution in [-0.4, -0.2) is 41.6 Å². The van der Waals surface area contributed by atoms with Crippen molar-refractivity contribution in [3.63, 3.8) is 0 Å². The average Bonchev–Trinajstić information content (AvgIpc) is 2.49. The van der Waals surface area contributed by atoms with Crippen molar-refractivity contribution in [1.82, 2.24) is 4.90 Å². The molecular formula is C9H16N2O2S. The fraction of sp³-hybridized carbons (Fsp3) is 0.778. The Bertz CT molecular complexity index is 245. The van der Waals surface area contributed by atoms with E-state index in [0.717, 1.165) is 12.8 Å². The van der Waals surface area contributed by atoms with Gasteiger partial charge in [0, 0.05) is 7.05 Å². The van der Waals surface area contributed by atoms with E-state index >= 15 is 0 Å². The van der Waals surface area contributed by atoms with Crippen molar-refractivity contribution < 1.29 is 9.53 Å². The van der Waals surface area contributed by atoms with E-state index in [1.807, 2.05) is 6.92 Å². The largest absolute Gasteiger partial charge is 0.392 e. The SMILES string of the molecule is CC1CCC(C(=O)N(C)CC(N)=S)O1. The third-order valence-corrected chi connectivity index (χ3v) is 2.41. The Morgan fingerprint density at radius 1 is 1.64 bits per heavy atom. The maximum absolute atomic E-state index is 11.7. The topological polar surface area (TPSA) is 55.6 Å². The molecule has 1 aliphatic heterocycles. The summed E-state index contributed by atoms with van der Waals surface area (Å²) in [5.74, 6) is -0.0258. The first-order chi connectivity index (χ1) is 6.50. The van der Waals surface area contributed by atoms with Crippen LogP contribution in [0, 0.1) is 0 Å². The van der Waals surface area contributed by atoms with Gasteiger partial charge in [0.1, 0.15) is 6.10 Å². The van der Waals surface area contributed by atoms with E-state index in [2.05, 4.69) is 0 Å². The Hall–Kier alpha value is -0.680. The number of amides is 1. The number of hydrogen-bond acceptors (Lipinski definition) is 3. The molecule has 2 atom stereocenters. The molecule has 14 heavy (non-hydrogen) atoms. The van der Waals surface area contributed by atoms with Gasteiger partial charge in [-0.1, -0.05) is 12.2 Å². The molecular weight excluding hydrogens is 200 g/mol. The molecule has 1 heterocycles. The second kappa shape index (κ2) is 4.70. The summed E-state index contributed by atoms with van der Waals surface area (Å²) in [6.07, 6.45) is 1.62. The highest BCUT2D eigenvalue weighted by Gasteiger charge is 2.30. The van der Waals surface area contributed by atoms with Gasteiger partial charge in [0.15, 0.2) is 0 Å². The lowest BCUT2D eigenvalue weighted by Gasteiger charge is -2.20. The van der Waals surface area contributed by atoms with E-state index in [9.17, 15) is 4.79 Å². The van der Waals surface area contributed by atoms with Gasteiger partial charge in [-0.15, -0.1) is 0 Å². The molecule has 0 spiro atoms. The minimum absolute atomic E-state index is 0.0258. The monoisotopic (exact) mass is 216 g/mol. The van der Waals surface area contributed by atoms with Gasteiger partial charge in [0.2, 0.25) is 0 Å². The number of likely N-dealkylation sites (N-methyl/N-ethyl adjacent to an activating group) is 1. The Morgan fingerprint density at radius 2 is 2.29 bits per heavy atom. The molecule has 1 fully saturated rings. The molecule has 2 N–H and O–H groups in total. The number of thiocarbonyl (C=S) groups is 1. The van der Waals surface area contributed by atoms with Crippen LogP contribution in [0.3, 0.4) is 0 Å². The summed E-state index contributed by atoms with van der Waals surface area (Å²) in [7, 11) is 1.69. The minimum atomic E-state index is -0.302. The zero-order valence-corrected chi connectivity index (χ0v) is 9.34. The van der Waals surface area contributed by atoms with Gasteiger partial charge in [0.05, 0.1) is 17.6 Å². The molecule has 0 aromatic carbocycles. The first kappa shape index (κ1) is 11.4. The van der Waals surface area contributed by atoms with Crippen LogP contribution in [0.2, 0.25) is 0 Å². The molecule has 0 saturated carbocycles. The maximum atomic E-state index is 11.7. The minimum Gasteiger partial charge on any atom is -0.392 e. The summed E-state index contributed by atoms with van der Waals surface area (Å²) in [5.41, 5.74) is 5.35. The standard InChI is InChI=1S/C9H16N2O2S/c1-6-3-4-7(13-6)9(12)11(2)5-8(10)14/h6-7H,3-5H2,1-2H3,(H2,10,14). The van der Waals surface area contributed by atoms with Crippen molar-refractivity contribution in [3.8, 4) is 0 Å². The molecule has 1 saturated heterocycles. The quantitative estimate of drug-likeness (QED) is 0.689. The third-order valence-electron chi connectivity index (χ3n) is 2.28. The van der Waals surface area contributed by atoms with E-state index in [4.69, 9.17) is 22.7 Å². The molecule has 4 nitrogen and oxygen atoms in total. The summed E-state index contributed by atoms with van der Waals surface area (Å²) in [5, 5.41) is 0. The number of ether oxygens (including phenoxy) is 1. The second-order valence-corrected chi connectivity index (χ2v) is 4.20. The first-order valence-corrected chi connectivity index (χ1v) is 5.10. The highest BCUT2D eigenvalue weighted by Crippen LogP contribution is 2.20. The zero-order valence-electron chi connectivity index (χ0n) is 8.53. The number of nitrogens with two attached hydrogens (primary N) is 1. The zero-order chi connectivity index (χ0) is 10.7.